The minimum atomic E-state index is -3.70. The largest absolute Gasteiger partial charge is 0.270 e. The smallest absolute Gasteiger partial charge is 0.267 e. The fraction of sp³-hybridized carbons (Fsp3) is 0.125. The predicted octanol–water partition coefficient (Wildman–Crippen LogP) is 1.12. The first kappa shape index (κ1) is 18.6. The molecule has 2 amide bonds. The Hall–Kier alpha value is -2.78. The highest BCUT2D eigenvalue weighted by molar-refractivity contribution is 7.89. The Balaban J connectivity index is 2.14. The van der Waals surface area contributed by atoms with E-state index in [1.165, 1.54) is 37.4 Å². The minimum absolute atomic E-state index is 0.0735. The van der Waals surface area contributed by atoms with Gasteiger partial charge >= 0.3 is 0 Å². The molecule has 0 saturated carbocycles. The number of nitrogens with one attached hydrogen (secondary N) is 3. The lowest BCUT2D eigenvalue weighted by molar-refractivity contribution is 0.0846. The Kier molecular flexibility index (Phi) is 5.50. The van der Waals surface area contributed by atoms with E-state index in [-0.39, 0.29) is 16.0 Å². The van der Waals surface area contributed by atoms with E-state index in [0.717, 1.165) is 12.1 Å². The first-order valence-corrected chi connectivity index (χ1v) is 8.63. The highest BCUT2D eigenvalue weighted by Gasteiger charge is 2.17. The van der Waals surface area contributed by atoms with E-state index < -0.39 is 27.7 Å². The van der Waals surface area contributed by atoms with Crippen molar-refractivity contribution in [1.29, 1.82) is 0 Å². The third kappa shape index (κ3) is 4.40. The van der Waals surface area contributed by atoms with Gasteiger partial charge < -0.3 is 0 Å². The number of aryl methyl sites for hydroxylation is 1. The quantitative estimate of drug-likeness (QED) is 0.706. The average molecular weight is 365 g/mol. The van der Waals surface area contributed by atoms with Gasteiger partial charge in [-0.2, -0.15) is 0 Å². The highest BCUT2D eigenvalue weighted by Crippen LogP contribution is 2.15. The molecule has 9 heteroatoms. The molecule has 25 heavy (non-hydrogen) atoms. The van der Waals surface area contributed by atoms with Gasteiger partial charge in [0, 0.05) is 11.1 Å². The van der Waals surface area contributed by atoms with Crippen LogP contribution in [0.1, 0.15) is 26.3 Å². The van der Waals surface area contributed by atoms with Crippen LogP contribution < -0.4 is 15.6 Å². The van der Waals surface area contributed by atoms with Gasteiger partial charge in [-0.15, -0.1) is 0 Å². The lowest BCUT2D eigenvalue weighted by atomic mass is 10.1. The standard InChI is InChI=1S/C16H16FN3O4S/c1-10-3-8-13(25(23,24)18-2)9-14(10)16(22)20-19-15(21)11-4-6-12(17)7-5-11/h3-9,18H,1-2H3,(H,19,21)(H,20,22). The minimum Gasteiger partial charge on any atom is -0.267 e. The lowest BCUT2D eigenvalue weighted by Crippen LogP contribution is -2.42. The summed E-state index contributed by atoms with van der Waals surface area (Å²) >= 11 is 0. The molecule has 2 aromatic carbocycles. The number of rotatable bonds is 4. The van der Waals surface area contributed by atoms with Crippen molar-refractivity contribution in [3.8, 4) is 0 Å². The third-order valence-corrected chi connectivity index (χ3v) is 4.84. The first-order valence-electron chi connectivity index (χ1n) is 7.15. The molecular weight excluding hydrogens is 349 g/mol. The van der Waals surface area contributed by atoms with Crippen LogP contribution in [0, 0.1) is 12.7 Å². The summed E-state index contributed by atoms with van der Waals surface area (Å²) in [4.78, 5) is 24.0. The van der Waals surface area contributed by atoms with Crippen molar-refractivity contribution in [3.05, 3.63) is 65.0 Å². The van der Waals surface area contributed by atoms with Crippen molar-refractivity contribution in [1.82, 2.24) is 15.6 Å². The summed E-state index contributed by atoms with van der Waals surface area (Å²) in [6.07, 6.45) is 0. The zero-order valence-corrected chi connectivity index (χ0v) is 14.3. The van der Waals surface area contributed by atoms with Crippen LogP contribution in [0.4, 0.5) is 4.39 Å². The van der Waals surface area contributed by atoms with E-state index >= 15 is 0 Å². The normalized spacial score (nSPS) is 11.0. The number of hydrogen-bond donors (Lipinski definition) is 3. The maximum absolute atomic E-state index is 12.8. The van der Waals surface area contributed by atoms with Crippen LogP contribution in [0.3, 0.4) is 0 Å². The third-order valence-electron chi connectivity index (χ3n) is 3.43. The SMILES string of the molecule is CNS(=O)(=O)c1ccc(C)c(C(=O)NNC(=O)c2ccc(F)cc2)c1. The number of hydrazine groups is 1. The van der Waals surface area contributed by atoms with Gasteiger partial charge in [0.05, 0.1) is 4.90 Å². The number of sulfonamides is 1. The maximum atomic E-state index is 12.8. The van der Waals surface area contributed by atoms with Gasteiger partial charge in [0.25, 0.3) is 11.8 Å². The van der Waals surface area contributed by atoms with Gasteiger partial charge in [-0.25, -0.2) is 17.5 Å². The van der Waals surface area contributed by atoms with Gasteiger partial charge in [-0.1, -0.05) is 6.07 Å². The zero-order chi connectivity index (χ0) is 18.6. The monoisotopic (exact) mass is 365 g/mol. The van der Waals surface area contributed by atoms with Crippen LogP contribution in [0.5, 0.6) is 0 Å². The van der Waals surface area contributed by atoms with Crippen molar-refractivity contribution < 1.29 is 22.4 Å². The summed E-state index contributed by atoms with van der Waals surface area (Å²) in [6.45, 7) is 1.63. The molecular formula is C16H16FN3O4S. The van der Waals surface area contributed by atoms with E-state index in [0.29, 0.717) is 5.56 Å². The van der Waals surface area contributed by atoms with E-state index in [4.69, 9.17) is 0 Å². The van der Waals surface area contributed by atoms with Crippen molar-refractivity contribution in [2.75, 3.05) is 7.05 Å². The summed E-state index contributed by atoms with van der Waals surface area (Å²) < 4.78 is 38.6. The number of halogens is 1. The molecule has 0 aliphatic rings. The molecule has 0 aliphatic heterocycles. The van der Waals surface area contributed by atoms with Gasteiger partial charge in [-0.05, 0) is 55.9 Å². The second kappa shape index (κ2) is 7.41. The van der Waals surface area contributed by atoms with Crippen molar-refractivity contribution in [3.63, 3.8) is 0 Å². The fourth-order valence-electron chi connectivity index (χ4n) is 1.99. The highest BCUT2D eigenvalue weighted by atomic mass is 32.2. The molecule has 2 aromatic rings. The maximum Gasteiger partial charge on any atom is 0.270 e. The number of carbonyl (C=O) groups is 2. The molecule has 0 saturated heterocycles. The van der Waals surface area contributed by atoms with Crippen LogP contribution in [0.2, 0.25) is 0 Å². The van der Waals surface area contributed by atoms with Crippen LogP contribution in [0.25, 0.3) is 0 Å². The second-order valence-corrected chi connectivity index (χ2v) is 6.99. The molecule has 0 bridgehead atoms. The number of benzene rings is 2. The fourth-order valence-corrected chi connectivity index (χ4v) is 2.74. The van der Waals surface area contributed by atoms with Crippen LogP contribution >= 0.6 is 0 Å². The summed E-state index contributed by atoms with van der Waals surface area (Å²) in [5.74, 6) is -1.80. The van der Waals surface area contributed by atoms with Gasteiger partial charge in [-0.3, -0.25) is 20.4 Å². The molecule has 132 valence electrons. The Morgan fingerprint density at radius 2 is 1.56 bits per heavy atom. The molecule has 0 aliphatic carbocycles. The lowest BCUT2D eigenvalue weighted by Gasteiger charge is -2.11. The summed E-state index contributed by atoms with van der Waals surface area (Å²) in [6, 6.07) is 8.83. The van der Waals surface area contributed by atoms with E-state index in [1.807, 2.05) is 0 Å². The van der Waals surface area contributed by atoms with Gasteiger partial charge in [0.2, 0.25) is 10.0 Å². The molecule has 3 N–H and O–H groups in total. The number of hydrogen-bond acceptors (Lipinski definition) is 4. The molecule has 0 spiro atoms. The summed E-state index contributed by atoms with van der Waals surface area (Å²) in [5, 5.41) is 0. The average Bonchev–Trinajstić information content (AvgIpc) is 2.60. The number of amides is 2. The Morgan fingerprint density at radius 1 is 0.960 bits per heavy atom. The van der Waals surface area contributed by atoms with Crippen LogP contribution in [-0.2, 0) is 10.0 Å². The van der Waals surface area contributed by atoms with Gasteiger partial charge in [0.15, 0.2) is 0 Å². The second-order valence-electron chi connectivity index (χ2n) is 5.10. The molecule has 2 rings (SSSR count). The predicted molar refractivity (Wildman–Crippen MR) is 88.8 cm³/mol. The number of carbonyl (C=O) groups excluding carboxylic acids is 2. The molecule has 0 atom stereocenters. The molecule has 0 aromatic heterocycles. The molecule has 0 fully saturated rings. The Morgan fingerprint density at radius 3 is 2.16 bits per heavy atom. The van der Waals surface area contributed by atoms with E-state index in [2.05, 4.69) is 15.6 Å². The van der Waals surface area contributed by atoms with Crippen LogP contribution in [0.15, 0.2) is 47.4 Å². The van der Waals surface area contributed by atoms with Crippen molar-refractivity contribution >= 4 is 21.8 Å². The summed E-state index contributed by atoms with van der Waals surface area (Å²) in [7, 11) is -2.44. The Labute approximate surface area is 144 Å². The molecule has 7 nitrogen and oxygen atoms in total. The zero-order valence-electron chi connectivity index (χ0n) is 13.5. The van der Waals surface area contributed by atoms with Crippen LogP contribution in [-0.4, -0.2) is 27.3 Å². The molecule has 0 heterocycles. The first-order chi connectivity index (χ1) is 11.7. The van der Waals surface area contributed by atoms with Crippen molar-refractivity contribution in [2.45, 2.75) is 11.8 Å². The van der Waals surface area contributed by atoms with E-state index in [9.17, 15) is 22.4 Å². The molecule has 0 unspecified atom stereocenters. The van der Waals surface area contributed by atoms with Gasteiger partial charge in [0.1, 0.15) is 5.82 Å². The van der Waals surface area contributed by atoms with Crippen molar-refractivity contribution in [2.24, 2.45) is 0 Å². The Bertz CT molecular complexity index is 911. The topological polar surface area (TPSA) is 104 Å². The van der Waals surface area contributed by atoms with E-state index in [1.54, 1.807) is 6.92 Å². The summed E-state index contributed by atoms with van der Waals surface area (Å²) in [5.41, 5.74) is 5.17. The molecule has 0 radical (unpaired) electrons.